The molecule has 0 spiro atoms. The van der Waals surface area contributed by atoms with Crippen LogP contribution in [0, 0.1) is 16.7 Å². The van der Waals surface area contributed by atoms with E-state index in [1.807, 2.05) is 20.8 Å². The number of benzene rings is 1. The summed E-state index contributed by atoms with van der Waals surface area (Å²) < 4.78 is 22.5. The minimum atomic E-state index is -0.487. The van der Waals surface area contributed by atoms with Crippen LogP contribution in [0.5, 0.6) is 11.5 Å². The van der Waals surface area contributed by atoms with Gasteiger partial charge >= 0.3 is 11.9 Å². The van der Waals surface area contributed by atoms with Gasteiger partial charge in [-0.15, -0.1) is 0 Å². The molecule has 0 aliphatic rings. The number of ether oxygens (including phenoxy) is 4. The van der Waals surface area contributed by atoms with Crippen LogP contribution in [0.4, 0.5) is 0 Å². The highest BCUT2D eigenvalue weighted by Gasteiger charge is 2.35. The van der Waals surface area contributed by atoms with E-state index < -0.39 is 5.97 Å². The molecule has 6 nitrogen and oxygen atoms in total. The first-order valence-electron chi connectivity index (χ1n) is 12.6. The summed E-state index contributed by atoms with van der Waals surface area (Å²) in [6.07, 6.45) is 4.64. The van der Waals surface area contributed by atoms with Gasteiger partial charge in [-0.05, 0) is 48.3 Å². The maximum atomic E-state index is 12.7. The summed E-state index contributed by atoms with van der Waals surface area (Å²) in [7, 11) is 0. The zero-order valence-corrected chi connectivity index (χ0v) is 22.6. The van der Waals surface area contributed by atoms with Crippen LogP contribution in [-0.2, 0) is 14.3 Å². The molecule has 1 atom stereocenters. The first-order valence-corrected chi connectivity index (χ1v) is 12.6. The lowest BCUT2D eigenvalue weighted by atomic mass is 9.72. The van der Waals surface area contributed by atoms with Crippen molar-refractivity contribution >= 4 is 11.9 Å². The zero-order valence-electron chi connectivity index (χ0n) is 22.6. The van der Waals surface area contributed by atoms with Crippen LogP contribution < -0.4 is 9.47 Å². The van der Waals surface area contributed by atoms with E-state index in [0.717, 1.165) is 32.1 Å². The van der Waals surface area contributed by atoms with Gasteiger partial charge in [-0.2, -0.15) is 0 Å². The third-order valence-electron chi connectivity index (χ3n) is 5.40. The van der Waals surface area contributed by atoms with Gasteiger partial charge in [0, 0.05) is 0 Å². The largest absolute Gasteiger partial charge is 0.490 e. The summed E-state index contributed by atoms with van der Waals surface area (Å²) in [5, 5.41) is 0. The van der Waals surface area contributed by atoms with Crippen molar-refractivity contribution < 1.29 is 28.5 Å². The smallest absolute Gasteiger partial charge is 0.338 e. The maximum absolute atomic E-state index is 12.7. The first kappa shape index (κ1) is 29.8. The summed E-state index contributed by atoms with van der Waals surface area (Å²) in [5.41, 5.74) is 0.170. The zero-order chi connectivity index (χ0) is 25.8. The predicted octanol–water partition coefficient (Wildman–Crippen LogP) is 6.84. The van der Waals surface area contributed by atoms with Gasteiger partial charge in [0.1, 0.15) is 13.2 Å². The topological polar surface area (TPSA) is 71.1 Å². The molecule has 0 amide bonds. The molecule has 0 aromatic heterocycles. The van der Waals surface area contributed by atoms with Gasteiger partial charge < -0.3 is 18.9 Å². The fourth-order valence-corrected chi connectivity index (χ4v) is 3.34. The molecular formula is C28H46O6. The van der Waals surface area contributed by atoms with Gasteiger partial charge in [-0.25, -0.2) is 4.79 Å². The number of carbonyl (C=O) groups excluding carboxylic acids is 2. The number of hydrogen-bond acceptors (Lipinski definition) is 6. The Hall–Kier alpha value is -2.24. The van der Waals surface area contributed by atoms with Gasteiger partial charge in [0.2, 0.25) is 0 Å². The SMILES string of the molecule is CCCCOc1ccc(C(=O)OCCOC(=O)C(CC(C)(C)C)C(C)(C)C)cc1OCCCC. The van der Waals surface area contributed by atoms with Crippen LogP contribution in [-0.4, -0.2) is 38.4 Å². The van der Waals surface area contributed by atoms with Crippen LogP contribution in [0.3, 0.4) is 0 Å². The molecule has 0 heterocycles. The van der Waals surface area contributed by atoms with Crippen LogP contribution in [0.2, 0.25) is 0 Å². The second-order valence-corrected chi connectivity index (χ2v) is 11.1. The molecule has 1 aromatic rings. The van der Waals surface area contributed by atoms with Crippen molar-refractivity contribution in [2.75, 3.05) is 26.4 Å². The van der Waals surface area contributed by atoms with E-state index in [1.165, 1.54) is 0 Å². The maximum Gasteiger partial charge on any atom is 0.338 e. The molecule has 0 saturated heterocycles. The molecule has 0 saturated carbocycles. The molecule has 1 rings (SSSR count). The van der Waals surface area contributed by atoms with Crippen molar-refractivity contribution in [3.63, 3.8) is 0 Å². The Morgan fingerprint density at radius 1 is 0.794 bits per heavy atom. The Bertz CT molecular complexity index is 757. The highest BCUT2D eigenvalue weighted by Crippen LogP contribution is 2.36. The van der Waals surface area contributed by atoms with E-state index in [-0.39, 0.29) is 35.9 Å². The summed E-state index contributed by atoms with van der Waals surface area (Å²) in [6, 6.07) is 5.07. The lowest BCUT2D eigenvalue weighted by molar-refractivity contribution is -0.155. The number of unbranched alkanes of at least 4 members (excludes halogenated alkanes) is 2. The van der Waals surface area contributed by atoms with Crippen LogP contribution in [0.25, 0.3) is 0 Å². The van der Waals surface area contributed by atoms with Crippen LogP contribution in [0.15, 0.2) is 18.2 Å². The van der Waals surface area contributed by atoms with Crippen molar-refractivity contribution in [3.8, 4) is 11.5 Å². The van der Waals surface area contributed by atoms with E-state index in [1.54, 1.807) is 18.2 Å². The van der Waals surface area contributed by atoms with Gasteiger partial charge in [-0.3, -0.25) is 4.79 Å². The molecule has 0 bridgehead atoms. The average Bonchev–Trinajstić information content (AvgIpc) is 2.74. The summed E-state index contributed by atoms with van der Waals surface area (Å²) >= 11 is 0. The van der Waals surface area contributed by atoms with Crippen molar-refractivity contribution in [1.82, 2.24) is 0 Å². The molecule has 6 heteroatoms. The Labute approximate surface area is 206 Å². The summed E-state index contributed by atoms with van der Waals surface area (Å²) in [5.74, 6) is 0.200. The first-order chi connectivity index (χ1) is 15.9. The molecule has 0 fully saturated rings. The van der Waals surface area contributed by atoms with Gasteiger partial charge in [-0.1, -0.05) is 68.2 Å². The van der Waals surface area contributed by atoms with Crippen molar-refractivity contribution in [1.29, 1.82) is 0 Å². The highest BCUT2D eigenvalue weighted by atomic mass is 16.6. The number of rotatable bonds is 14. The fraction of sp³-hybridized carbons (Fsp3) is 0.714. The minimum Gasteiger partial charge on any atom is -0.490 e. The molecular weight excluding hydrogens is 432 g/mol. The Kier molecular flexibility index (Phi) is 12.5. The lowest BCUT2D eigenvalue weighted by Gasteiger charge is -2.33. The number of hydrogen-bond donors (Lipinski definition) is 0. The number of carbonyl (C=O) groups is 2. The van der Waals surface area contributed by atoms with Gasteiger partial charge in [0.25, 0.3) is 0 Å². The summed E-state index contributed by atoms with van der Waals surface area (Å²) in [6.45, 7) is 17.8. The van der Waals surface area contributed by atoms with Crippen LogP contribution >= 0.6 is 0 Å². The second-order valence-electron chi connectivity index (χ2n) is 11.1. The average molecular weight is 479 g/mol. The van der Waals surface area contributed by atoms with Crippen LogP contribution in [0.1, 0.15) is 97.9 Å². The van der Waals surface area contributed by atoms with Gasteiger partial charge in [0.05, 0.1) is 24.7 Å². The highest BCUT2D eigenvalue weighted by molar-refractivity contribution is 5.90. The van der Waals surface area contributed by atoms with Crippen molar-refractivity contribution in [2.24, 2.45) is 16.7 Å². The van der Waals surface area contributed by atoms with Crippen molar-refractivity contribution in [2.45, 2.75) is 87.5 Å². The minimum absolute atomic E-state index is 0.00225. The van der Waals surface area contributed by atoms with Crippen molar-refractivity contribution in [3.05, 3.63) is 23.8 Å². The molecule has 194 valence electrons. The molecule has 0 aliphatic heterocycles. The Morgan fingerprint density at radius 3 is 1.88 bits per heavy atom. The predicted molar refractivity (Wildman–Crippen MR) is 136 cm³/mol. The Morgan fingerprint density at radius 2 is 1.35 bits per heavy atom. The molecule has 34 heavy (non-hydrogen) atoms. The molecule has 0 aliphatic carbocycles. The fourth-order valence-electron chi connectivity index (χ4n) is 3.34. The number of esters is 2. The van der Waals surface area contributed by atoms with E-state index in [9.17, 15) is 9.59 Å². The normalized spacial score (nSPS) is 12.7. The molecule has 1 aromatic carbocycles. The van der Waals surface area contributed by atoms with E-state index in [0.29, 0.717) is 30.3 Å². The second kappa shape index (κ2) is 14.2. The summed E-state index contributed by atoms with van der Waals surface area (Å²) in [4.78, 5) is 25.3. The molecule has 1 unspecified atom stereocenters. The third kappa shape index (κ3) is 11.3. The van der Waals surface area contributed by atoms with E-state index in [2.05, 4.69) is 34.6 Å². The monoisotopic (exact) mass is 478 g/mol. The standard InChI is InChI=1S/C28H46O6/c1-9-11-15-31-23-14-13-21(19-24(23)32-16-12-10-2)25(29)33-17-18-34-26(30)22(28(6,7)8)20-27(3,4)5/h13-14,19,22H,9-12,15-18,20H2,1-8H3. The lowest BCUT2D eigenvalue weighted by Crippen LogP contribution is -2.34. The third-order valence-corrected chi connectivity index (χ3v) is 5.40. The molecule has 0 radical (unpaired) electrons. The van der Waals surface area contributed by atoms with E-state index >= 15 is 0 Å². The quantitative estimate of drug-likeness (QED) is 0.215. The van der Waals surface area contributed by atoms with Gasteiger partial charge in [0.15, 0.2) is 11.5 Å². The Balaban J connectivity index is 2.69. The molecule has 0 N–H and O–H groups in total. The van der Waals surface area contributed by atoms with E-state index in [4.69, 9.17) is 18.9 Å².